The molecule has 1 heterocycles. The molecule has 0 amide bonds. The molecule has 1 saturated carbocycles. The number of nitrogens with zero attached hydrogens (tertiary/aromatic N) is 1. The van der Waals surface area contributed by atoms with Crippen LogP contribution in [-0.2, 0) is 11.3 Å². The second-order valence-corrected chi connectivity index (χ2v) is 4.58. The van der Waals surface area contributed by atoms with Gasteiger partial charge in [0.1, 0.15) is 0 Å². The molecule has 0 atom stereocenters. The predicted octanol–water partition coefficient (Wildman–Crippen LogP) is 1.05. The summed E-state index contributed by atoms with van der Waals surface area (Å²) in [6.07, 6.45) is 3.31. The molecular weight excluding hydrogens is 214 g/mol. The lowest BCUT2D eigenvalue weighted by Crippen LogP contribution is -2.23. The highest BCUT2D eigenvalue weighted by Crippen LogP contribution is 2.49. The fourth-order valence-corrected chi connectivity index (χ4v) is 1.99. The van der Waals surface area contributed by atoms with E-state index in [2.05, 4.69) is 10.2 Å². The van der Waals surface area contributed by atoms with Crippen molar-refractivity contribution in [3.8, 4) is 0 Å². The van der Waals surface area contributed by atoms with E-state index >= 15 is 0 Å². The van der Waals surface area contributed by atoms with E-state index in [1.165, 1.54) is 0 Å². The number of aromatic nitrogens is 3. The topological polar surface area (TPSA) is 62.8 Å². The largest absolute Gasteiger partial charge is 0.385 e. The van der Waals surface area contributed by atoms with Crippen molar-refractivity contribution in [2.75, 3.05) is 13.7 Å². The van der Waals surface area contributed by atoms with Crippen LogP contribution in [0.25, 0.3) is 0 Å². The summed E-state index contributed by atoms with van der Waals surface area (Å²) in [4.78, 5) is 11.4. The number of methoxy groups -OCH3 is 1. The van der Waals surface area contributed by atoms with Gasteiger partial charge in [-0.15, -0.1) is 0 Å². The molecule has 84 valence electrons. The first-order valence-electron chi connectivity index (χ1n) is 5.03. The van der Waals surface area contributed by atoms with Gasteiger partial charge in [-0.25, -0.2) is 9.89 Å². The number of rotatable bonds is 5. The van der Waals surface area contributed by atoms with Crippen LogP contribution in [0.3, 0.4) is 0 Å². The maximum atomic E-state index is 11.4. The molecule has 0 saturated heterocycles. The molecular formula is C9H15N3O2S. The molecule has 0 bridgehead atoms. The number of nitrogens with one attached hydrogen (secondary N) is 2. The van der Waals surface area contributed by atoms with E-state index in [-0.39, 0.29) is 11.1 Å². The third-order valence-corrected chi connectivity index (χ3v) is 3.38. The zero-order valence-electron chi connectivity index (χ0n) is 8.71. The Morgan fingerprint density at radius 2 is 2.27 bits per heavy atom. The summed E-state index contributed by atoms with van der Waals surface area (Å²) in [6.45, 7) is 1.45. The number of hydrogen-bond donors (Lipinski definition) is 2. The van der Waals surface area contributed by atoms with Gasteiger partial charge in [0, 0.05) is 20.3 Å². The van der Waals surface area contributed by atoms with E-state index in [0.29, 0.717) is 11.3 Å². The van der Waals surface area contributed by atoms with E-state index in [1.54, 1.807) is 11.7 Å². The summed E-state index contributed by atoms with van der Waals surface area (Å²) in [7, 11) is 1.70. The first kappa shape index (κ1) is 10.6. The van der Waals surface area contributed by atoms with Crippen LogP contribution in [0.15, 0.2) is 4.79 Å². The Hall–Kier alpha value is -0.880. The molecule has 1 fully saturated rings. The van der Waals surface area contributed by atoms with E-state index < -0.39 is 0 Å². The van der Waals surface area contributed by atoms with Gasteiger partial charge in [-0.1, -0.05) is 0 Å². The fraction of sp³-hybridized carbons (Fsp3) is 0.778. The molecule has 6 heteroatoms. The fourth-order valence-electron chi connectivity index (χ4n) is 1.80. The van der Waals surface area contributed by atoms with Crippen LogP contribution in [0.5, 0.6) is 0 Å². The van der Waals surface area contributed by atoms with Gasteiger partial charge < -0.3 is 4.74 Å². The summed E-state index contributed by atoms with van der Waals surface area (Å²) in [5, 5.41) is 5.14. The number of aromatic amines is 2. The number of hydrogen-bond acceptors (Lipinski definition) is 3. The standard InChI is InChI=1S/C9H15N3O2S/c1-14-5-4-9(2-3-9)6-12-7(13)10-11-8(12)15/h2-6H2,1H3,(H,10,13)(H,11,15). The third-order valence-electron chi connectivity index (χ3n) is 3.05. The smallest absolute Gasteiger partial charge is 0.342 e. The Kier molecular flexibility index (Phi) is 2.79. The molecule has 1 aliphatic rings. The molecule has 0 spiro atoms. The Balaban J connectivity index is 2.09. The van der Waals surface area contributed by atoms with E-state index in [1.807, 2.05) is 0 Å². The minimum absolute atomic E-state index is 0.149. The molecule has 0 aromatic carbocycles. The highest BCUT2D eigenvalue weighted by Gasteiger charge is 2.42. The van der Waals surface area contributed by atoms with Crippen LogP contribution in [0.2, 0.25) is 0 Å². The van der Waals surface area contributed by atoms with Gasteiger partial charge in [-0.05, 0) is 36.9 Å². The van der Waals surface area contributed by atoms with Gasteiger partial charge in [0.25, 0.3) is 0 Å². The lowest BCUT2D eigenvalue weighted by molar-refractivity contribution is 0.166. The number of H-pyrrole nitrogens is 2. The molecule has 0 radical (unpaired) electrons. The lowest BCUT2D eigenvalue weighted by Gasteiger charge is -2.13. The predicted molar refractivity (Wildman–Crippen MR) is 58.4 cm³/mol. The SMILES string of the molecule is COCCC1(Cn2c(=O)[nH][nH]c2=S)CC1. The van der Waals surface area contributed by atoms with Crippen LogP contribution in [0, 0.1) is 10.2 Å². The normalized spacial score (nSPS) is 17.9. The Morgan fingerprint density at radius 1 is 1.53 bits per heavy atom. The molecule has 0 aliphatic heterocycles. The minimum Gasteiger partial charge on any atom is -0.385 e. The highest BCUT2D eigenvalue weighted by atomic mass is 32.1. The zero-order valence-corrected chi connectivity index (χ0v) is 9.52. The molecule has 15 heavy (non-hydrogen) atoms. The molecule has 1 aromatic rings. The van der Waals surface area contributed by atoms with E-state index in [9.17, 15) is 4.79 Å². The second kappa shape index (κ2) is 3.94. The maximum Gasteiger partial charge on any atom is 0.342 e. The monoisotopic (exact) mass is 229 g/mol. The minimum atomic E-state index is -0.149. The Bertz CT molecular complexity index is 413. The Labute approximate surface area is 92.4 Å². The van der Waals surface area contributed by atoms with Gasteiger partial charge in [-0.2, -0.15) is 0 Å². The van der Waals surface area contributed by atoms with E-state index in [4.69, 9.17) is 17.0 Å². The summed E-state index contributed by atoms with van der Waals surface area (Å²) in [6, 6.07) is 0. The first-order valence-corrected chi connectivity index (χ1v) is 5.44. The quantitative estimate of drug-likeness (QED) is 0.742. The van der Waals surface area contributed by atoms with Crippen molar-refractivity contribution in [2.45, 2.75) is 25.8 Å². The molecule has 0 unspecified atom stereocenters. The van der Waals surface area contributed by atoms with Crippen LogP contribution in [-0.4, -0.2) is 28.5 Å². The molecule has 2 rings (SSSR count). The molecule has 2 N–H and O–H groups in total. The van der Waals surface area contributed by atoms with Crippen molar-refractivity contribution in [3.05, 3.63) is 15.3 Å². The van der Waals surface area contributed by atoms with Crippen molar-refractivity contribution < 1.29 is 4.74 Å². The average Bonchev–Trinajstić information content (AvgIpc) is 2.93. The lowest BCUT2D eigenvalue weighted by atomic mass is 10.0. The van der Waals surface area contributed by atoms with Gasteiger partial charge in [0.05, 0.1) is 0 Å². The third kappa shape index (κ3) is 2.21. The molecule has 5 nitrogen and oxygen atoms in total. The van der Waals surface area contributed by atoms with E-state index in [0.717, 1.165) is 25.9 Å². The zero-order chi connectivity index (χ0) is 10.9. The van der Waals surface area contributed by atoms with Crippen LogP contribution in [0.1, 0.15) is 19.3 Å². The summed E-state index contributed by atoms with van der Waals surface area (Å²) in [5.74, 6) is 0. The van der Waals surface area contributed by atoms with Gasteiger partial charge >= 0.3 is 5.69 Å². The molecule has 1 aromatic heterocycles. The summed E-state index contributed by atoms with van der Waals surface area (Å²) < 4.78 is 7.14. The van der Waals surface area contributed by atoms with Gasteiger partial charge in [-0.3, -0.25) is 9.67 Å². The second-order valence-electron chi connectivity index (χ2n) is 4.19. The van der Waals surface area contributed by atoms with Crippen molar-refractivity contribution in [1.29, 1.82) is 0 Å². The van der Waals surface area contributed by atoms with Crippen molar-refractivity contribution >= 4 is 12.2 Å². The van der Waals surface area contributed by atoms with Crippen LogP contribution < -0.4 is 5.69 Å². The van der Waals surface area contributed by atoms with Crippen molar-refractivity contribution in [3.63, 3.8) is 0 Å². The average molecular weight is 229 g/mol. The van der Waals surface area contributed by atoms with Crippen molar-refractivity contribution in [1.82, 2.24) is 14.8 Å². The Morgan fingerprint density at radius 3 is 2.73 bits per heavy atom. The van der Waals surface area contributed by atoms with Crippen LogP contribution in [0.4, 0.5) is 0 Å². The first-order chi connectivity index (χ1) is 7.17. The maximum absolute atomic E-state index is 11.4. The summed E-state index contributed by atoms with van der Waals surface area (Å²) >= 11 is 5.03. The molecule has 1 aliphatic carbocycles. The van der Waals surface area contributed by atoms with Crippen molar-refractivity contribution in [2.24, 2.45) is 5.41 Å². The highest BCUT2D eigenvalue weighted by molar-refractivity contribution is 7.71. The van der Waals surface area contributed by atoms with Crippen LogP contribution >= 0.6 is 12.2 Å². The summed E-state index contributed by atoms with van der Waals surface area (Å²) in [5.41, 5.74) is 0.0902. The van der Waals surface area contributed by atoms with Gasteiger partial charge in [0.2, 0.25) is 0 Å². The number of ether oxygens (including phenoxy) is 1. The van der Waals surface area contributed by atoms with Gasteiger partial charge in [0.15, 0.2) is 4.77 Å².